The molecule has 3 amide bonds. The number of methoxy groups -OCH3 is 1. The van der Waals surface area contributed by atoms with E-state index in [4.69, 9.17) is 9.15 Å². The van der Waals surface area contributed by atoms with Crippen LogP contribution in [0, 0.1) is 5.82 Å². The molecule has 0 unspecified atom stereocenters. The molecule has 3 aromatic rings. The topological polar surface area (TPSA) is 101 Å². The van der Waals surface area contributed by atoms with Crippen LogP contribution in [-0.4, -0.2) is 37.4 Å². The first-order valence-corrected chi connectivity index (χ1v) is 11.8. The van der Waals surface area contributed by atoms with E-state index in [-0.39, 0.29) is 17.7 Å². The molecule has 8 nitrogen and oxygen atoms in total. The van der Waals surface area contributed by atoms with Gasteiger partial charge in [0, 0.05) is 11.7 Å². The van der Waals surface area contributed by atoms with Gasteiger partial charge in [0.15, 0.2) is 5.76 Å². The van der Waals surface area contributed by atoms with Crippen LogP contribution in [0.4, 0.5) is 10.1 Å². The van der Waals surface area contributed by atoms with Crippen molar-refractivity contribution in [3.8, 4) is 5.75 Å². The number of benzene rings is 2. The predicted molar refractivity (Wildman–Crippen MR) is 131 cm³/mol. The number of hydrogen-bond donors (Lipinski definition) is 2. The highest BCUT2D eigenvalue weighted by atomic mass is 19.1. The fourth-order valence-corrected chi connectivity index (χ4v) is 4.33. The van der Waals surface area contributed by atoms with Crippen molar-refractivity contribution < 1.29 is 27.9 Å². The summed E-state index contributed by atoms with van der Waals surface area (Å²) in [7, 11) is 1.54. The van der Waals surface area contributed by atoms with Crippen molar-refractivity contribution in [2.75, 3.05) is 18.6 Å². The summed E-state index contributed by atoms with van der Waals surface area (Å²) < 4.78 is 24.1. The molecule has 1 aliphatic rings. The molecule has 2 aromatic carbocycles. The quantitative estimate of drug-likeness (QED) is 0.470. The average molecular weight is 494 g/mol. The highest BCUT2D eigenvalue weighted by Crippen LogP contribution is 2.30. The number of halogens is 1. The molecular formula is C27H28FN3O5. The van der Waals surface area contributed by atoms with Gasteiger partial charge in [-0.05, 0) is 66.9 Å². The second kappa shape index (κ2) is 11.5. The molecule has 2 N–H and O–H groups in total. The van der Waals surface area contributed by atoms with Gasteiger partial charge in [-0.3, -0.25) is 19.3 Å². The van der Waals surface area contributed by atoms with Gasteiger partial charge in [0.05, 0.1) is 19.9 Å². The second-order valence-electron chi connectivity index (χ2n) is 8.57. The SMILES string of the molecule is COc1ccc([C@@H](C(=O)NC2CCCC2)N(C(=O)CNC(=O)c2ccco2)c2ccc(F)cc2)cc1. The van der Waals surface area contributed by atoms with Gasteiger partial charge in [0.25, 0.3) is 5.91 Å². The summed E-state index contributed by atoms with van der Waals surface area (Å²) in [6.45, 7) is -0.403. The zero-order valence-electron chi connectivity index (χ0n) is 19.9. The molecule has 0 spiro atoms. The van der Waals surface area contributed by atoms with Crippen molar-refractivity contribution >= 4 is 23.4 Å². The average Bonchev–Trinajstić information content (AvgIpc) is 3.61. The van der Waals surface area contributed by atoms with Gasteiger partial charge in [-0.25, -0.2) is 4.39 Å². The molecule has 188 valence electrons. The fraction of sp³-hybridized carbons (Fsp3) is 0.296. The molecule has 0 saturated heterocycles. The second-order valence-corrected chi connectivity index (χ2v) is 8.57. The van der Waals surface area contributed by atoms with Crippen LogP contribution in [0.5, 0.6) is 5.75 Å². The molecule has 4 rings (SSSR count). The number of carbonyl (C=O) groups is 3. The first-order valence-electron chi connectivity index (χ1n) is 11.8. The van der Waals surface area contributed by atoms with E-state index in [1.54, 1.807) is 30.3 Å². The Balaban J connectivity index is 1.68. The van der Waals surface area contributed by atoms with E-state index in [9.17, 15) is 18.8 Å². The lowest BCUT2D eigenvalue weighted by molar-refractivity contribution is -0.126. The van der Waals surface area contributed by atoms with Crippen LogP contribution in [0.2, 0.25) is 0 Å². The van der Waals surface area contributed by atoms with Crippen LogP contribution < -0.4 is 20.3 Å². The monoisotopic (exact) mass is 493 g/mol. The molecule has 1 aromatic heterocycles. The molecule has 1 fully saturated rings. The van der Waals surface area contributed by atoms with Crippen LogP contribution in [0.3, 0.4) is 0 Å². The lowest BCUT2D eigenvalue weighted by Gasteiger charge is -2.32. The highest BCUT2D eigenvalue weighted by Gasteiger charge is 2.34. The van der Waals surface area contributed by atoms with Crippen molar-refractivity contribution in [3.63, 3.8) is 0 Å². The van der Waals surface area contributed by atoms with Crippen molar-refractivity contribution in [3.05, 3.63) is 84.1 Å². The maximum atomic E-state index is 13.7. The summed E-state index contributed by atoms with van der Waals surface area (Å²) in [6, 6.07) is 14.1. The Morgan fingerprint density at radius 3 is 2.36 bits per heavy atom. The zero-order valence-corrected chi connectivity index (χ0v) is 19.9. The number of nitrogens with one attached hydrogen (secondary N) is 2. The van der Waals surface area contributed by atoms with Crippen LogP contribution in [0.15, 0.2) is 71.3 Å². The molecule has 0 aliphatic heterocycles. The Morgan fingerprint density at radius 2 is 1.75 bits per heavy atom. The third-order valence-electron chi connectivity index (χ3n) is 6.16. The van der Waals surface area contributed by atoms with Crippen molar-refractivity contribution in [2.45, 2.75) is 37.8 Å². The summed E-state index contributed by atoms with van der Waals surface area (Å²) in [5.41, 5.74) is 0.859. The third kappa shape index (κ3) is 5.91. The zero-order chi connectivity index (χ0) is 25.5. The first kappa shape index (κ1) is 25.0. The summed E-state index contributed by atoms with van der Waals surface area (Å²) in [5, 5.41) is 5.60. The maximum Gasteiger partial charge on any atom is 0.287 e. The van der Waals surface area contributed by atoms with E-state index < -0.39 is 30.2 Å². The molecule has 1 aliphatic carbocycles. The number of ether oxygens (including phenoxy) is 1. The Morgan fingerprint density at radius 1 is 1.06 bits per heavy atom. The molecule has 1 heterocycles. The Labute approximate surface area is 208 Å². The highest BCUT2D eigenvalue weighted by molar-refractivity contribution is 6.04. The molecular weight excluding hydrogens is 465 g/mol. The summed E-state index contributed by atoms with van der Waals surface area (Å²) >= 11 is 0. The number of amides is 3. The van der Waals surface area contributed by atoms with Crippen molar-refractivity contribution in [1.82, 2.24) is 10.6 Å². The Kier molecular flexibility index (Phi) is 7.99. The minimum absolute atomic E-state index is 0.0158. The number of hydrogen-bond acceptors (Lipinski definition) is 5. The molecule has 1 atom stereocenters. The molecule has 0 bridgehead atoms. The van der Waals surface area contributed by atoms with E-state index in [0.29, 0.717) is 17.0 Å². The van der Waals surface area contributed by atoms with Crippen LogP contribution in [0.25, 0.3) is 0 Å². The number of furan rings is 1. The van der Waals surface area contributed by atoms with Gasteiger partial charge in [-0.2, -0.15) is 0 Å². The summed E-state index contributed by atoms with van der Waals surface area (Å²) in [6.07, 6.45) is 5.14. The Hall–Kier alpha value is -4.14. The van der Waals surface area contributed by atoms with E-state index in [1.807, 2.05) is 0 Å². The largest absolute Gasteiger partial charge is 0.497 e. The van der Waals surface area contributed by atoms with Crippen molar-refractivity contribution in [1.29, 1.82) is 0 Å². The first-order chi connectivity index (χ1) is 17.5. The van der Waals surface area contributed by atoms with Gasteiger partial charge < -0.3 is 19.8 Å². The summed E-state index contributed by atoms with van der Waals surface area (Å²) in [4.78, 5) is 40.9. The van der Waals surface area contributed by atoms with Crippen LogP contribution in [-0.2, 0) is 9.59 Å². The molecule has 0 radical (unpaired) electrons. The van der Waals surface area contributed by atoms with Crippen LogP contribution >= 0.6 is 0 Å². The number of carbonyl (C=O) groups excluding carboxylic acids is 3. The predicted octanol–water partition coefficient (Wildman–Crippen LogP) is 3.99. The third-order valence-corrected chi connectivity index (χ3v) is 6.16. The number of anilines is 1. The lowest BCUT2D eigenvalue weighted by Crippen LogP contribution is -2.49. The van der Waals surface area contributed by atoms with E-state index in [0.717, 1.165) is 25.7 Å². The van der Waals surface area contributed by atoms with E-state index >= 15 is 0 Å². The lowest BCUT2D eigenvalue weighted by atomic mass is 10.0. The normalized spacial score (nSPS) is 14.2. The van der Waals surface area contributed by atoms with E-state index in [2.05, 4.69) is 10.6 Å². The van der Waals surface area contributed by atoms with Crippen LogP contribution in [0.1, 0.15) is 47.8 Å². The van der Waals surface area contributed by atoms with Gasteiger partial charge in [0.2, 0.25) is 11.8 Å². The maximum absolute atomic E-state index is 13.7. The minimum Gasteiger partial charge on any atom is -0.497 e. The smallest absolute Gasteiger partial charge is 0.287 e. The number of rotatable bonds is 9. The molecule has 1 saturated carbocycles. The minimum atomic E-state index is -1.06. The van der Waals surface area contributed by atoms with Gasteiger partial charge in [-0.15, -0.1) is 0 Å². The fourth-order valence-electron chi connectivity index (χ4n) is 4.33. The van der Waals surface area contributed by atoms with Gasteiger partial charge in [0.1, 0.15) is 17.6 Å². The van der Waals surface area contributed by atoms with Crippen molar-refractivity contribution in [2.24, 2.45) is 0 Å². The number of nitrogens with zero attached hydrogens (tertiary/aromatic N) is 1. The van der Waals surface area contributed by atoms with Gasteiger partial charge in [-0.1, -0.05) is 25.0 Å². The van der Waals surface area contributed by atoms with E-state index in [1.165, 1.54) is 48.6 Å². The summed E-state index contributed by atoms with van der Waals surface area (Å²) in [5.74, 6) is -1.30. The molecule has 9 heteroatoms. The standard InChI is InChI=1S/C27H28FN3O5/c1-35-22-14-8-18(9-15-22)25(27(34)30-20-5-2-3-6-20)31(21-12-10-19(28)11-13-21)24(32)17-29-26(33)23-7-4-16-36-23/h4,7-16,20,25H,2-3,5-6,17H2,1H3,(H,29,33)(H,30,34)/t25-/m0/s1. The van der Waals surface area contributed by atoms with Gasteiger partial charge >= 0.3 is 0 Å². The molecule has 36 heavy (non-hydrogen) atoms. The Bertz CT molecular complexity index is 1170.